The smallest absolute Gasteiger partial charge is 0.155 e. The standard InChI is InChI=1S/C10H14N2/c1-11-12-7-6-9-4-2-3-5-10(9)8-12/h2-5,9-10H,1,6-8H2/p+1. The van der Waals surface area contributed by atoms with Gasteiger partial charge in [0.25, 0.3) is 0 Å². The second-order valence-electron chi connectivity index (χ2n) is 3.49. The van der Waals surface area contributed by atoms with Crippen molar-refractivity contribution in [2.75, 3.05) is 13.1 Å². The van der Waals surface area contributed by atoms with Gasteiger partial charge < -0.3 is 0 Å². The van der Waals surface area contributed by atoms with E-state index in [9.17, 15) is 0 Å². The molecule has 2 nitrogen and oxygen atoms in total. The lowest BCUT2D eigenvalue weighted by Crippen LogP contribution is -2.81. The predicted octanol–water partition coefficient (Wildman–Crippen LogP) is -0.253. The summed E-state index contributed by atoms with van der Waals surface area (Å²) in [6, 6.07) is 0. The molecule has 0 aromatic carbocycles. The number of hydrazine groups is 1. The van der Waals surface area contributed by atoms with E-state index >= 15 is 0 Å². The van der Waals surface area contributed by atoms with E-state index in [0.717, 1.165) is 19.0 Å². The minimum absolute atomic E-state index is 0.693. The largest absolute Gasteiger partial charge is 0.188 e. The summed E-state index contributed by atoms with van der Waals surface area (Å²) in [7, 11) is 0. The molecule has 64 valence electrons. The molecule has 2 atom stereocenters. The Morgan fingerprint density at radius 2 is 2.00 bits per heavy atom. The molecule has 0 radical (unpaired) electrons. The highest BCUT2D eigenvalue weighted by Gasteiger charge is 2.27. The molecule has 1 aliphatic heterocycles. The minimum atomic E-state index is 0.693. The molecule has 0 amide bonds. The van der Waals surface area contributed by atoms with E-state index < -0.39 is 0 Å². The molecule has 2 rings (SSSR count). The second kappa shape index (κ2) is 3.13. The van der Waals surface area contributed by atoms with Gasteiger partial charge in [0, 0.05) is 5.92 Å². The minimum Gasteiger partial charge on any atom is -0.188 e. The predicted molar refractivity (Wildman–Crippen MR) is 49.5 cm³/mol. The fraction of sp³-hybridized carbons (Fsp3) is 0.500. The van der Waals surface area contributed by atoms with E-state index in [1.165, 1.54) is 6.42 Å². The molecule has 1 N–H and O–H groups in total. The maximum absolute atomic E-state index is 3.68. The number of hydrogen-bond donors (Lipinski definition) is 1. The molecule has 1 saturated heterocycles. The van der Waals surface area contributed by atoms with Crippen molar-refractivity contribution < 1.29 is 5.10 Å². The van der Waals surface area contributed by atoms with E-state index in [1.54, 1.807) is 0 Å². The number of hydrogen-bond acceptors (Lipinski definition) is 1. The summed E-state index contributed by atoms with van der Waals surface area (Å²) in [5.41, 5.74) is 0. The molecular formula is C10H15N2+. The number of allylic oxidation sites excluding steroid dienone is 3. The third-order valence-corrected chi connectivity index (χ3v) is 2.76. The van der Waals surface area contributed by atoms with Crippen molar-refractivity contribution in [3.63, 3.8) is 0 Å². The zero-order valence-corrected chi connectivity index (χ0v) is 7.24. The van der Waals surface area contributed by atoms with Gasteiger partial charge in [-0.05, 0) is 12.3 Å². The van der Waals surface area contributed by atoms with Crippen LogP contribution in [0.4, 0.5) is 0 Å². The highest BCUT2D eigenvalue weighted by Crippen LogP contribution is 2.26. The van der Waals surface area contributed by atoms with Gasteiger partial charge in [0.05, 0.1) is 13.1 Å². The van der Waals surface area contributed by atoms with Crippen LogP contribution in [-0.2, 0) is 0 Å². The highest BCUT2D eigenvalue weighted by atomic mass is 15.4. The van der Waals surface area contributed by atoms with Crippen molar-refractivity contribution in [1.82, 2.24) is 5.01 Å². The molecule has 1 aliphatic carbocycles. The van der Waals surface area contributed by atoms with Crippen LogP contribution in [0.1, 0.15) is 6.42 Å². The first kappa shape index (κ1) is 7.59. The lowest BCUT2D eigenvalue weighted by molar-refractivity contribution is -0.642. The third-order valence-electron chi connectivity index (χ3n) is 2.76. The zero-order valence-electron chi connectivity index (χ0n) is 7.24. The van der Waals surface area contributed by atoms with E-state index in [2.05, 4.69) is 41.1 Å². The van der Waals surface area contributed by atoms with Gasteiger partial charge in [0.2, 0.25) is 0 Å². The summed E-state index contributed by atoms with van der Waals surface area (Å²) >= 11 is 0. The number of nitrogens with one attached hydrogen (secondary N) is 1. The lowest BCUT2D eigenvalue weighted by atomic mass is 9.83. The van der Waals surface area contributed by atoms with Crippen LogP contribution in [0.5, 0.6) is 0 Å². The lowest BCUT2D eigenvalue weighted by Gasteiger charge is -2.32. The first-order valence-electron chi connectivity index (χ1n) is 4.53. The maximum atomic E-state index is 3.68. The number of hydrazone groups is 1. The van der Waals surface area contributed by atoms with Gasteiger partial charge >= 0.3 is 0 Å². The molecule has 2 heteroatoms. The Kier molecular flexibility index (Phi) is 1.98. The molecule has 0 spiro atoms. The van der Waals surface area contributed by atoms with Crippen molar-refractivity contribution >= 4 is 6.72 Å². The fourth-order valence-electron chi connectivity index (χ4n) is 2.00. The average molecular weight is 163 g/mol. The van der Waals surface area contributed by atoms with E-state index in [1.807, 2.05) is 0 Å². The third kappa shape index (κ3) is 1.29. The van der Waals surface area contributed by atoms with Gasteiger partial charge in [0.15, 0.2) is 6.72 Å². The summed E-state index contributed by atoms with van der Waals surface area (Å²) in [6.45, 7) is 5.89. The fourth-order valence-corrected chi connectivity index (χ4v) is 2.00. The molecule has 1 fully saturated rings. The maximum Gasteiger partial charge on any atom is 0.155 e. The monoisotopic (exact) mass is 163 g/mol. The molecule has 1 heterocycles. The Labute approximate surface area is 73.3 Å². The normalized spacial score (nSPS) is 33.2. The van der Waals surface area contributed by atoms with Crippen LogP contribution in [0.15, 0.2) is 24.3 Å². The molecule has 0 saturated carbocycles. The Morgan fingerprint density at radius 3 is 2.75 bits per heavy atom. The second-order valence-corrected chi connectivity index (χ2v) is 3.49. The Morgan fingerprint density at radius 1 is 1.25 bits per heavy atom. The topological polar surface area (TPSA) is 17.2 Å². The van der Waals surface area contributed by atoms with Crippen LogP contribution in [-0.4, -0.2) is 24.8 Å². The van der Waals surface area contributed by atoms with Gasteiger partial charge in [0.1, 0.15) is 0 Å². The average Bonchev–Trinajstić information content (AvgIpc) is 2.17. The van der Waals surface area contributed by atoms with Gasteiger partial charge in [-0.2, -0.15) is 5.01 Å². The first-order valence-corrected chi connectivity index (χ1v) is 4.53. The number of nitrogens with zero attached hydrogens (tertiary/aromatic N) is 1. The summed E-state index contributed by atoms with van der Waals surface area (Å²) in [6.07, 6.45) is 10.2. The highest BCUT2D eigenvalue weighted by molar-refractivity contribution is 5.16. The van der Waals surface area contributed by atoms with Crippen LogP contribution in [0.3, 0.4) is 0 Å². The molecule has 2 unspecified atom stereocenters. The molecule has 0 bridgehead atoms. The molecule has 12 heavy (non-hydrogen) atoms. The van der Waals surface area contributed by atoms with Crippen molar-refractivity contribution in [2.24, 2.45) is 11.8 Å². The van der Waals surface area contributed by atoms with E-state index in [-0.39, 0.29) is 0 Å². The Bertz CT molecular complexity index is 230. The van der Waals surface area contributed by atoms with Gasteiger partial charge in [-0.15, -0.1) is 5.10 Å². The van der Waals surface area contributed by atoms with Crippen LogP contribution in [0.2, 0.25) is 0 Å². The van der Waals surface area contributed by atoms with Crippen LogP contribution in [0, 0.1) is 11.8 Å². The van der Waals surface area contributed by atoms with Crippen LogP contribution >= 0.6 is 0 Å². The van der Waals surface area contributed by atoms with E-state index in [4.69, 9.17) is 0 Å². The molecular weight excluding hydrogens is 148 g/mol. The van der Waals surface area contributed by atoms with Gasteiger partial charge in [-0.25, -0.2) is 0 Å². The van der Waals surface area contributed by atoms with E-state index in [0.29, 0.717) is 5.92 Å². The van der Waals surface area contributed by atoms with Gasteiger partial charge in [-0.1, -0.05) is 24.3 Å². The first-order chi connectivity index (χ1) is 5.90. The Balaban J connectivity index is 2.05. The number of rotatable bonds is 1. The van der Waals surface area contributed by atoms with Crippen LogP contribution in [0.25, 0.3) is 0 Å². The summed E-state index contributed by atoms with van der Waals surface area (Å²) in [5.74, 6) is 1.46. The van der Waals surface area contributed by atoms with Crippen LogP contribution < -0.4 is 5.10 Å². The zero-order chi connectivity index (χ0) is 8.39. The van der Waals surface area contributed by atoms with Crippen molar-refractivity contribution in [2.45, 2.75) is 6.42 Å². The summed E-state index contributed by atoms with van der Waals surface area (Å²) in [5, 5.41) is 5.15. The summed E-state index contributed by atoms with van der Waals surface area (Å²) in [4.78, 5) is 0. The molecule has 0 aromatic rings. The Hall–Kier alpha value is -1.05. The number of fused-ring (bicyclic) bond motifs is 1. The molecule has 2 aliphatic rings. The SMILES string of the molecule is C=[NH+]N1CCC2C=CC=CC2C1. The van der Waals surface area contributed by atoms with Gasteiger partial charge in [-0.3, -0.25) is 0 Å². The van der Waals surface area contributed by atoms with Crippen molar-refractivity contribution in [3.8, 4) is 0 Å². The number of piperidine rings is 1. The molecule has 0 aromatic heterocycles. The van der Waals surface area contributed by atoms with Crippen molar-refractivity contribution in [3.05, 3.63) is 24.3 Å². The van der Waals surface area contributed by atoms with Crippen molar-refractivity contribution in [1.29, 1.82) is 0 Å². The summed E-state index contributed by atoms with van der Waals surface area (Å²) < 4.78 is 0. The quantitative estimate of drug-likeness (QED) is 0.527.